The van der Waals surface area contributed by atoms with Crippen LogP contribution >= 0.6 is 0 Å². The van der Waals surface area contributed by atoms with E-state index in [4.69, 9.17) is 14.4 Å². The Hall–Kier alpha value is -5.22. The zero-order valence-corrected chi connectivity index (χ0v) is 22.7. The molecule has 0 spiro atoms. The lowest BCUT2D eigenvalue weighted by Crippen LogP contribution is -2.26. The maximum atomic E-state index is 6.47. The monoisotopic (exact) mass is 527 g/mol. The lowest BCUT2D eigenvalue weighted by Gasteiger charge is -2.35. The molecule has 1 aliphatic rings. The number of hydrogen-bond acceptors (Lipinski definition) is 3. The first-order valence-corrected chi connectivity index (χ1v) is 14.0. The van der Waals surface area contributed by atoms with E-state index in [0.717, 1.165) is 61.0 Å². The maximum absolute atomic E-state index is 6.47. The second kappa shape index (κ2) is 7.92. The molecule has 0 bridgehead atoms. The van der Waals surface area contributed by atoms with Crippen molar-refractivity contribution in [3.05, 3.63) is 126 Å². The number of furan rings is 1. The maximum Gasteiger partial charge on any atom is 0.161 e. The molecule has 0 aliphatic carbocycles. The van der Waals surface area contributed by atoms with Gasteiger partial charge in [-0.1, -0.05) is 92.7 Å². The largest absolute Gasteiger partial charge is 0.454 e. The molecule has 0 unspecified atom stereocenters. The summed E-state index contributed by atoms with van der Waals surface area (Å²) in [4.78, 5) is 10.1. The molecule has 5 aromatic carbocycles. The second-order valence-corrected chi connectivity index (χ2v) is 11.4. The van der Waals surface area contributed by atoms with Crippen molar-refractivity contribution in [1.82, 2.24) is 14.5 Å². The van der Waals surface area contributed by atoms with E-state index in [9.17, 15) is 0 Å². The van der Waals surface area contributed by atoms with Crippen LogP contribution in [0.3, 0.4) is 0 Å². The fourth-order valence-electron chi connectivity index (χ4n) is 6.80. The van der Waals surface area contributed by atoms with Gasteiger partial charge in [-0.2, -0.15) is 0 Å². The van der Waals surface area contributed by atoms with Crippen LogP contribution in [-0.2, 0) is 5.41 Å². The second-order valence-electron chi connectivity index (χ2n) is 11.4. The third-order valence-corrected chi connectivity index (χ3v) is 8.79. The Kier molecular flexibility index (Phi) is 4.36. The summed E-state index contributed by atoms with van der Waals surface area (Å²) in [5, 5.41) is 3.34. The molecule has 0 atom stereocenters. The molecule has 0 N–H and O–H groups in total. The Balaban J connectivity index is 1.36. The number of benzene rings is 5. The van der Waals surface area contributed by atoms with E-state index in [2.05, 4.69) is 103 Å². The number of nitrogens with zero attached hydrogens (tertiary/aromatic N) is 3. The smallest absolute Gasteiger partial charge is 0.161 e. The minimum absolute atomic E-state index is 0.225. The minimum Gasteiger partial charge on any atom is -0.454 e. The van der Waals surface area contributed by atoms with Gasteiger partial charge in [-0.3, -0.25) is 0 Å². The van der Waals surface area contributed by atoms with Gasteiger partial charge in [0.15, 0.2) is 11.4 Å². The summed E-state index contributed by atoms with van der Waals surface area (Å²) in [6.07, 6.45) is 0. The highest BCUT2D eigenvalue weighted by molar-refractivity contribution is 6.17. The molecule has 0 saturated heterocycles. The number of fused-ring (bicyclic) bond motifs is 8. The van der Waals surface area contributed by atoms with Gasteiger partial charge >= 0.3 is 0 Å². The van der Waals surface area contributed by atoms with Gasteiger partial charge in [0.2, 0.25) is 0 Å². The van der Waals surface area contributed by atoms with E-state index in [0.29, 0.717) is 0 Å². The van der Waals surface area contributed by atoms with Crippen molar-refractivity contribution < 1.29 is 4.42 Å². The van der Waals surface area contributed by atoms with Crippen LogP contribution in [0.15, 0.2) is 120 Å². The quantitative estimate of drug-likeness (QED) is 0.225. The van der Waals surface area contributed by atoms with Gasteiger partial charge in [0.1, 0.15) is 11.1 Å². The van der Waals surface area contributed by atoms with Crippen LogP contribution < -0.4 is 0 Å². The molecule has 4 heterocycles. The SMILES string of the molecule is CC1(C)c2cc(-c3nc(-c4ccccc4)nc4ccccc34)ccc2-n2c3c1cccc3c1oc3ccccc3c12. The molecule has 0 fully saturated rings. The first-order valence-electron chi connectivity index (χ1n) is 14.0. The third kappa shape index (κ3) is 2.99. The third-order valence-electron chi connectivity index (χ3n) is 8.79. The standard InChI is InChI=1S/C37H25N3O/c1-37(2)27-16-10-15-26-33(27)40(34-25-14-7-9-18-31(25)41-35(26)34)30-20-19-23(21-28(30)37)32-24-13-6-8-17-29(24)38-36(39-32)22-11-4-3-5-12-22/h3-21H,1-2H3. The van der Waals surface area contributed by atoms with E-state index >= 15 is 0 Å². The molecule has 41 heavy (non-hydrogen) atoms. The van der Waals surface area contributed by atoms with Gasteiger partial charge in [0.25, 0.3) is 0 Å². The van der Waals surface area contributed by atoms with Crippen molar-refractivity contribution in [3.8, 4) is 28.3 Å². The molecule has 1 aliphatic heterocycles. The Bertz CT molecular complexity index is 2340. The van der Waals surface area contributed by atoms with E-state index in [1.165, 1.54) is 22.3 Å². The van der Waals surface area contributed by atoms with Gasteiger partial charge < -0.3 is 8.98 Å². The van der Waals surface area contributed by atoms with Gasteiger partial charge in [-0.05, 0) is 47.5 Å². The van der Waals surface area contributed by atoms with Crippen LogP contribution in [-0.4, -0.2) is 14.5 Å². The van der Waals surface area contributed by atoms with Crippen molar-refractivity contribution in [2.75, 3.05) is 0 Å². The molecular weight excluding hydrogens is 502 g/mol. The zero-order valence-electron chi connectivity index (χ0n) is 22.7. The van der Waals surface area contributed by atoms with Crippen LogP contribution in [0.5, 0.6) is 0 Å². The van der Waals surface area contributed by atoms with E-state index in [-0.39, 0.29) is 5.41 Å². The summed E-state index contributed by atoms with van der Waals surface area (Å²) < 4.78 is 8.89. The predicted octanol–water partition coefficient (Wildman–Crippen LogP) is 9.45. The van der Waals surface area contributed by atoms with Crippen molar-refractivity contribution in [1.29, 1.82) is 0 Å². The Morgan fingerprint density at radius 1 is 0.610 bits per heavy atom. The predicted molar refractivity (Wildman–Crippen MR) is 167 cm³/mol. The average molecular weight is 528 g/mol. The normalized spacial score (nSPS) is 13.8. The van der Waals surface area contributed by atoms with Gasteiger partial charge in [0, 0.05) is 32.7 Å². The van der Waals surface area contributed by atoms with Gasteiger partial charge in [-0.25, -0.2) is 9.97 Å². The van der Waals surface area contributed by atoms with Crippen molar-refractivity contribution in [2.45, 2.75) is 19.3 Å². The number of aromatic nitrogens is 3. The molecular formula is C37H25N3O. The fourth-order valence-corrected chi connectivity index (χ4v) is 6.80. The minimum atomic E-state index is -0.225. The zero-order chi connectivity index (χ0) is 27.3. The molecule has 0 amide bonds. The summed E-state index contributed by atoms with van der Waals surface area (Å²) >= 11 is 0. The van der Waals surface area contributed by atoms with Crippen LogP contribution in [0.4, 0.5) is 0 Å². The first kappa shape index (κ1) is 22.6. The Morgan fingerprint density at radius 2 is 1.37 bits per heavy atom. The van der Waals surface area contributed by atoms with Crippen molar-refractivity contribution >= 4 is 43.9 Å². The fraction of sp³-hybridized carbons (Fsp3) is 0.0811. The molecule has 194 valence electrons. The molecule has 4 heteroatoms. The summed E-state index contributed by atoms with van der Waals surface area (Å²) in [7, 11) is 0. The average Bonchev–Trinajstić information content (AvgIpc) is 3.55. The highest BCUT2D eigenvalue weighted by Crippen LogP contribution is 2.50. The number of rotatable bonds is 2. The lowest BCUT2D eigenvalue weighted by molar-refractivity contribution is 0.630. The van der Waals surface area contributed by atoms with E-state index in [1.807, 2.05) is 30.3 Å². The summed E-state index contributed by atoms with van der Waals surface area (Å²) in [5.74, 6) is 0.736. The van der Waals surface area contributed by atoms with Gasteiger partial charge in [-0.15, -0.1) is 0 Å². The van der Waals surface area contributed by atoms with Crippen LogP contribution in [0.2, 0.25) is 0 Å². The summed E-state index contributed by atoms with van der Waals surface area (Å²) in [6, 6.07) is 40.3. The highest BCUT2D eigenvalue weighted by Gasteiger charge is 2.36. The van der Waals surface area contributed by atoms with Crippen molar-refractivity contribution in [2.24, 2.45) is 0 Å². The van der Waals surface area contributed by atoms with Crippen LogP contribution in [0, 0.1) is 0 Å². The van der Waals surface area contributed by atoms with E-state index < -0.39 is 0 Å². The Labute approximate surface area is 236 Å². The van der Waals surface area contributed by atoms with Crippen LogP contribution in [0.1, 0.15) is 25.0 Å². The van der Waals surface area contributed by atoms with E-state index in [1.54, 1.807) is 0 Å². The summed E-state index contributed by atoms with van der Waals surface area (Å²) in [5.41, 5.74) is 11.7. The van der Waals surface area contributed by atoms with Crippen molar-refractivity contribution in [3.63, 3.8) is 0 Å². The molecule has 3 aromatic heterocycles. The molecule has 0 saturated carbocycles. The van der Waals surface area contributed by atoms with Gasteiger partial charge in [0.05, 0.1) is 22.4 Å². The molecule has 9 rings (SSSR count). The number of para-hydroxylation sites is 3. The lowest BCUT2D eigenvalue weighted by atomic mass is 9.74. The number of hydrogen-bond donors (Lipinski definition) is 0. The summed E-state index contributed by atoms with van der Waals surface area (Å²) in [6.45, 7) is 4.66. The highest BCUT2D eigenvalue weighted by atomic mass is 16.3. The molecule has 8 aromatic rings. The molecule has 4 nitrogen and oxygen atoms in total. The van der Waals surface area contributed by atoms with Crippen LogP contribution in [0.25, 0.3) is 72.2 Å². The molecule has 0 radical (unpaired) electrons. The first-order chi connectivity index (χ1) is 20.1. The topological polar surface area (TPSA) is 43.9 Å². The Morgan fingerprint density at radius 3 is 2.24 bits per heavy atom.